The van der Waals surface area contributed by atoms with Crippen LogP contribution >= 0.6 is 0 Å². The van der Waals surface area contributed by atoms with E-state index in [-0.39, 0.29) is 29.8 Å². The number of nitrogens with one attached hydrogen (secondary N) is 1. The maximum absolute atomic E-state index is 12.7. The summed E-state index contributed by atoms with van der Waals surface area (Å²) in [4.78, 5) is 38.7. The molecule has 6 nitrogen and oxygen atoms in total. The van der Waals surface area contributed by atoms with Crippen molar-refractivity contribution in [2.45, 2.75) is 19.9 Å². The molecular weight excluding hydrogens is 344 g/mol. The summed E-state index contributed by atoms with van der Waals surface area (Å²) in [7, 11) is 0. The molecule has 0 unspecified atom stereocenters. The molecule has 3 amide bonds. The normalized spacial score (nSPS) is 13.0. The smallest absolute Gasteiger partial charge is 0.261 e. The molecule has 0 saturated heterocycles. The molecule has 140 valence electrons. The molecule has 1 aliphatic heterocycles. The highest BCUT2D eigenvalue weighted by atomic mass is 16.5. The van der Waals surface area contributed by atoms with E-state index in [0.29, 0.717) is 37.3 Å². The number of rotatable bonds is 8. The number of amides is 3. The van der Waals surface area contributed by atoms with Crippen molar-refractivity contribution >= 4 is 17.7 Å². The van der Waals surface area contributed by atoms with Gasteiger partial charge in [-0.15, -0.1) is 0 Å². The van der Waals surface area contributed by atoms with Crippen LogP contribution in [0.3, 0.4) is 0 Å². The lowest BCUT2D eigenvalue weighted by Crippen LogP contribution is -2.29. The van der Waals surface area contributed by atoms with Crippen molar-refractivity contribution in [2.24, 2.45) is 0 Å². The summed E-state index contributed by atoms with van der Waals surface area (Å²) in [6, 6.07) is 14.0. The molecule has 0 spiro atoms. The summed E-state index contributed by atoms with van der Waals surface area (Å²) >= 11 is 0. The van der Waals surface area contributed by atoms with Gasteiger partial charge in [0.2, 0.25) is 0 Å². The van der Waals surface area contributed by atoms with E-state index >= 15 is 0 Å². The van der Waals surface area contributed by atoms with Gasteiger partial charge < -0.3 is 10.1 Å². The van der Waals surface area contributed by atoms with Crippen LogP contribution in [0.5, 0.6) is 0 Å². The topological polar surface area (TPSA) is 75.7 Å². The molecule has 0 aliphatic carbocycles. The fraction of sp³-hybridized carbons (Fsp3) is 0.286. The van der Waals surface area contributed by atoms with Crippen molar-refractivity contribution < 1.29 is 19.1 Å². The minimum Gasteiger partial charge on any atom is -0.382 e. The summed E-state index contributed by atoms with van der Waals surface area (Å²) in [5, 5.41) is 2.80. The average Bonchev–Trinajstić information content (AvgIpc) is 2.93. The first-order valence-electron chi connectivity index (χ1n) is 9.02. The molecule has 0 radical (unpaired) electrons. The molecule has 0 bridgehead atoms. The third-order valence-electron chi connectivity index (χ3n) is 4.37. The number of carbonyl (C=O) groups excluding carboxylic acids is 3. The molecule has 0 fully saturated rings. The minimum atomic E-state index is -0.371. The zero-order valence-electron chi connectivity index (χ0n) is 15.2. The number of nitrogens with zero attached hydrogens (tertiary/aromatic N) is 1. The Bertz CT molecular complexity index is 849. The Morgan fingerprint density at radius 2 is 1.78 bits per heavy atom. The lowest BCUT2D eigenvalue weighted by Gasteiger charge is -2.13. The van der Waals surface area contributed by atoms with Crippen molar-refractivity contribution in [1.29, 1.82) is 0 Å². The van der Waals surface area contributed by atoms with Crippen molar-refractivity contribution in [3.8, 4) is 0 Å². The summed E-state index contributed by atoms with van der Waals surface area (Å²) in [5.74, 6) is -0.969. The van der Waals surface area contributed by atoms with E-state index in [0.717, 1.165) is 5.56 Å². The van der Waals surface area contributed by atoms with E-state index in [9.17, 15) is 14.4 Å². The first kappa shape index (κ1) is 18.8. The molecule has 2 aromatic carbocycles. The van der Waals surface area contributed by atoms with Gasteiger partial charge in [0.15, 0.2) is 0 Å². The number of carbonyl (C=O) groups is 3. The second kappa shape index (κ2) is 8.60. The van der Waals surface area contributed by atoms with Crippen molar-refractivity contribution in [3.63, 3.8) is 0 Å². The van der Waals surface area contributed by atoms with E-state index < -0.39 is 0 Å². The molecule has 1 aliphatic rings. The fourth-order valence-electron chi connectivity index (χ4n) is 2.96. The summed E-state index contributed by atoms with van der Waals surface area (Å²) < 4.78 is 5.23. The van der Waals surface area contributed by atoms with Gasteiger partial charge in [-0.05, 0) is 37.1 Å². The Kier molecular flexibility index (Phi) is 5.98. The van der Waals surface area contributed by atoms with Crippen molar-refractivity contribution in [1.82, 2.24) is 10.2 Å². The van der Waals surface area contributed by atoms with E-state index in [2.05, 4.69) is 5.32 Å². The lowest BCUT2D eigenvalue weighted by molar-refractivity contribution is 0.0642. The van der Waals surface area contributed by atoms with Gasteiger partial charge in [0.25, 0.3) is 17.7 Å². The van der Waals surface area contributed by atoms with E-state index in [1.807, 2.05) is 37.3 Å². The summed E-state index contributed by atoms with van der Waals surface area (Å²) in [6.45, 7) is 3.86. The van der Waals surface area contributed by atoms with Gasteiger partial charge in [-0.1, -0.05) is 30.3 Å². The summed E-state index contributed by atoms with van der Waals surface area (Å²) in [6.07, 6.45) is 0.715. The predicted octanol–water partition coefficient (Wildman–Crippen LogP) is 2.64. The van der Waals surface area contributed by atoms with Crippen LogP contribution in [0, 0.1) is 0 Å². The first-order chi connectivity index (χ1) is 13.1. The van der Waals surface area contributed by atoms with Gasteiger partial charge >= 0.3 is 0 Å². The number of hydrogen-bond acceptors (Lipinski definition) is 4. The third kappa shape index (κ3) is 4.23. The van der Waals surface area contributed by atoms with Gasteiger partial charge in [-0.25, -0.2) is 0 Å². The average molecular weight is 366 g/mol. The van der Waals surface area contributed by atoms with Crippen molar-refractivity contribution in [3.05, 3.63) is 70.8 Å². The Labute approximate surface area is 158 Å². The molecule has 0 saturated carbocycles. The van der Waals surface area contributed by atoms with E-state index in [4.69, 9.17) is 4.74 Å². The van der Waals surface area contributed by atoms with Gasteiger partial charge in [0, 0.05) is 25.3 Å². The van der Waals surface area contributed by atoms with Crippen LogP contribution in [0.1, 0.15) is 50.0 Å². The first-order valence-corrected chi connectivity index (χ1v) is 9.02. The molecular formula is C21H22N2O4. The van der Waals surface area contributed by atoms with Crippen molar-refractivity contribution in [2.75, 3.05) is 19.8 Å². The highest BCUT2D eigenvalue weighted by Gasteiger charge is 2.35. The molecule has 0 aromatic heterocycles. The SMILES string of the molecule is CCOCCCNC(=O)c1ccc2c(c1)C(=O)N(Cc1ccccc1)C2=O. The Balaban J connectivity index is 1.68. The molecule has 0 atom stereocenters. The largest absolute Gasteiger partial charge is 0.382 e. The monoisotopic (exact) mass is 366 g/mol. The predicted molar refractivity (Wildman–Crippen MR) is 101 cm³/mol. The maximum Gasteiger partial charge on any atom is 0.261 e. The third-order valence-corrected chi connectivity index (χ3v) is 4.37. The van der Waals surface area contributed by atoms with Crippen LogP contribution in [0.4, 0.5) is 0 Å². The van der Waals surface area contributed by atoms with E-state index in [1.165, 1.54) is 11.0 Å². The molecule has 27 heavy (non-hydrogen) atoms. The van der Waals surface area contributed by atoms with Crippen LogP contribution in [-0.2, 0) is 11.3 Å². The second-order valence-corrected chi connectivity index (χ2v) is 6.25. The van der Waals surface area contributed by atoms with Crippen LogP contribution in [0.2, 0.25) is 0 Å². The molecule has 3 rings (SSSR count). The highest BCUT2D eigenvalue weighted by Crippen LogP contribution is 2.25. The highest BCUT2D eigenvalue weighted by molar-refractivity contribution is 6.22. The van der Waals surface area contributed by atoms with Crippen LogP contribution in [-0.4, -0.2) is 42.4 Å². The second-order valence-electron chi connectivity index (χ2n) is 6.25. The zero-order chi connectivity index (χ0) is 19.2. The Hall–Kier alpha value is -2.99. The molecule has 6 heteroatoms. The van der Waals surface area contributed by atoms with Gasteiger partial charge in [-0.2, -0.15) is 0 Å². The standard InChI is InChI=1S/C21H22N2O4/c1-2-27-12-6-11-22-19(24)16-9-10-17-18(13-16)21(26)23(20(17)25)14-15-7-4-3-5-8-15/h3-5,7-10,13H,2,6,11-12,14H2,1H3,(H,22,24). The fourth-order valence-corrected chi connectivity index (χ4v) is 2.96. The number of benzene rings is 2. The van der Waals surface area contributed by atoms with Crippen LogP contribution < -0.4 is 5.32 Å². The van der Waals surface area contributed by atoms with E-state index in [1.54, 1.807) is 12.1 Å². The Morgan fingerprint density at radius 1 is 1.04 bits per heavy atom. The number of hydrogen-bond donors (Lipinski definition) is 1. The quantitative estimate of drug-likeness (QED) is 0.576. The van der Waals surface area contributed by atoms with Crippen LogP contribution in [0.25, 0.3) is 0 Å². The van der Waals surface area contributed by atoms with Gasteiger partial charge in [-0.3, -0.25) is 19.3 Å². The molecule has 1 N–H and O–H groups in total. The number of imide groups is 1. The van der Waals surface area contributed by atoms with Gasteiger partial charge in [0.1, 0.15) is 0 Å². The van der Waals surface area contributed by atoms with Gasteiger partial charge in [0.05, 0.1) is 17.7 Å². The van der Waals surface area contributed by atoms with Crippen LogP contribution in [0.15, 0.2) is 48.5 Å². The summed E-state index contributed by atoms with van der Waals surface area (Å²) in [5.41, 5.74) is 1.86. The number of ether oxygens (including phenoxy) is 1. The molecule has 2 aromatic rings. The molecule has 1 heterocycles. The maximum atomic E-state index is 12.7. The number of fused-ring (bicyclic) bond motifs is 1. The Morgan fingerprint density at radius 3 is 2.52 bits per heavy atom. The lowest BCUT2D eigenvalue weighted by atomic mass is 10.1. The zero-order valence-corrected chi connectivity index (χ0v) is 15.2. The minimum absolute atomic E-state index is 0.214.